The second-order valence-corrected chi connectivity index (χ2v) is 6.34. The Morgan fingerprint density at radius 1 is 1.00 bits per heavy atom. The number of aryl methyl sites for hydroxylation is 3. The van der Waals surface area contributed by atoms with Gasteiger partial charge in [-0.1, -0.05) is 17.7 Å². The number of rotatable bonds is 7. The van der Waals surface area contributed by atoms with Gasteiger partial charge in [-0.2, -0.15) is 0 Å². The molecule has 0 aromatic heterocycles. The third-order valence-electron chi connectivity index (χ3n) is 3.76. The van der Waals surface area contributed by atoms with Crippen molar-refractivity contribution >= 4 is 0 Å². The molecule has 2 N–H and O–H groups in total. The van der Waals surface area contributed by atoms with Crippen LogP contribution in [0.15, 0.2) is 12.1 Å². The summed E-state index contributed by atoms with van der Waals surface area (Å²) in [5.74, 6) is 0. The molecule has 0 aliphatic rings. The van der Waals surface area contributed by atoms with Gasteiger partial charge in [0.25, 0.3) is 0 Å². The number of nitrogens with two attached hydrogens (primary N) is 1. The van der Waals surface area contributed by atoms with E-state index in [1.807, 2.05) is 0 Å². The zero-order valence-electron chi connectivity index (χ0n) is 14.0. The fraction of sp³-hybridized carbons (Fsp3) is 0.647. The zero-order valence-corrected chi connectivity index (χ0v) is 14.0. The van der Waals surface area contributed by atoms with Gasteiger partial charge >= 0.3 is 0 Å². The topological polar surface area (TPSA) is 32.5 Å². The predicted octanol–water partition coefficient (Wildman–Crippen LogP) is 2.50. The molecule has 0 amide bonds. The fourth-order valence-corrected chi connectivity index (χ4v) is 2.95. The molecule has 0 aliphatic heterocycles. The van der Waals surface area contributed by atoms with Gasteiger partial charge in [0, 0.05) is 12.6 Å². The highest BCUT2D eigenvalue weighted by atomic mass is 15.1. The van der Waals surface area contributed by atoms with Crippen molar-refractivity contribution in [3.63, 3.8) is 0 Å². The Kier molecular flexibility index (Phi) is 6.66. The second kappa shape index (κ2) is 7.77. The summed E-state index contributed by atoms with van der Waals surface area (Å²) in [4.78, 5) is 4.56. The molecular formula is C17H31N3. The van der Waals surface area contributed by atoms with Crippen LogP contribution in [0.25, 0.3) is 0 Å². The smallest absolute Gasteiger partial charge is 0.0429 e. The number of nitrogens with zero attached hydrogens (tertiary/aromatic N) is 2. The molecule has 1 aromatic rings. The predicted molar refractivity (Wildman–Crippen MR) is 88.2 cm³/mol. The van der Waals surface area contributed by atoms with Crippen LogP contribution < -0.4 is 5.73 Å². The monoisotopic (exact) mass is 277 g/mol. The molecule has 0 radical (unpaired) electrons. The fourth-order valence-electron chi connectivity index (χ4n) is 2.95. The van der Waals surface area contributed by atoms with E-state index in [2.05, 4.69) is 63.8 Å². The Labute approximate surface area is 124 Å². The summed E-state index contributed by atoms with van der Waals surface area (Å²) in [5.41, 5.74) is 11.7. The minimum atomic E-state index is 0.0972. The number of hydrogen-bond donors (Lipinski definition) is 1. The molecule has 0 heterocycles. The van der Waals surface area contributed by atoms with Crippen LogP contribution in [0.4, 0.5) is 0 Å². The van der Waals surface area contributed by atoms with Crippen LogP contribution in [-0.4, -0.2) is 50.6 Å². The van der Waals surface area contributed by atoms with Crippen molar-refractivity contribution in [2.24, 2.45) is 5.73 Å². The average Bonchev–Trinajstić information content (AvgIpc) is 2.26. The molecule has 1 unspecified atom stereocenters. The lowest BCUT2D eigenvalue weighted by Gasteiger charge is -2.24. The first-order valence-electron chi connectivity index (χ1n) is 7.48. The maximum Gasteiger partial charge on any atom is 0.0429 e. The van der Waals surface area contributed by atoms with Gasteiger partial charge in [0.05, 0.1) is 0 Å². The molecule has 0 saturated heterocycles. The molecule has 3 heteroatoms. The molecule has 1 rings (SSSR count). The van der Waals surface area contributed by atoms with Crippen molar-refractivity contribution < 1.29 is 0 Å². The van der Waals surface area contributed by atoms with Gasteiger partial charge in [0.2, 0.25) is 0 Å². The van der Waals surface area contributed by atoms with Crippen molar-refractivity contribution in [3.05, 3.63) is 34.4 Å². The largest absolute Gasteiger partial charge is 0.323 e. The van der Waals surface area contributed by atoms with Crippen LogP contribution in [-0.2, 0) is 0 Å². The summed E-state index contributed by atoms with van der Waals surface area (Å²) in [6.45, 7) is 9.61. The SMILES string of the molecule is Cc1cc(C)c(C(N)CN(C)CCCN(C)C)c(C)c1. The minimum Gasteiger partial charge on any atom is -0.323 e. The lowest BCUT2D eigenvalue weighted by atomic mass is 9.94. The zero-order chi connectivity index (χ0) is 15.3. The van der Waals surface area contributed by atoms with Gasteiger partial charge in [-0.05, 0) is 78.1 Å². The summed E-state index contributed by atoms with van der Waals surface area (Å²) < 4.78 is 0. The highest BCUT2D eigenvalue weighted by molar-refractivity contribution is 5.39. The average molecular weight is 277 g/mol. The third kappa shape index (κ3) is 5.23. The van der Waals surface area contributed by atoms with Gasteiger partial charge in [0.15, 0.2) is 0 Å². The highest BCUT2D eigenvalue weighted by Crippen LogP contribution is 2.22. The molecule has 20 heavy (non-hydrogen) atoms. The van der Waals surface area contributed by atoms with Crippen molar-refractivity contribution in [1.82, 2.24) is 9.80 Å². The Morgan fingerprint density at radius 2 is 1.55 bits per heavy atom. The lowest BCUT2D eigenvalue weighted by Crippen LogP contribution is -2.32. The summed E-state index contributed by atoms with van der Waals surface area (Å²) in [6, 6.07) is 4.56. The van der Waals surface area contributed by atoms with Crippen LogP contribution >= 0.6 is 0 Å². The van der Waals surface area contributed by atoms with Crippen LogP contribution in [0.5, 0.6) is 0 Å². The van der Waals surface area contributed by atoms with E-state index in [9.17, 15) is 0 Å². The van der Waals surface area contributed by atoms with Crippen LogP contribution in [0.2, 0.25) is 0 Å². The molecule has 1 aromatic carbocycles. The van der Waals surface area contributed by atoms with Crippen LogP contribution in [0, 0.1) is 20.8 Å². The highest BCUT2D eigenvalue weighted by Gasteiger charge is 2.14. The molecule has 0 saturated carbocycles. The first kappa shape index (κ1) is 17.2. The first-order valence-corrected chi connectivity index (χ1v) is 7.48. The van der Waals surface area contributed by atoms with E-state index in [1.165, 1.54) is 28.7 Å². The molecule has 0 aliphatic carbocycles. The third-order valence-corrected chi connectivity index (χ3v) is 3.76. The molecular weight excluding hydrogens is 246 g/mol. The number of benzene rings is 1. The van der Waals surface area contributed by atoms with Crippen LogP contribution in [0.3, 0.4) is 0 Å². The van der Waals surface area contributed by atoms with Gasteiger partial charge in [0.1, 0.15) is 0 Å². The van der Waals surface area contributed by atoms with E-state index in [1.54, 1.807) is 0 Å². The quantitative estimate of drug-likeness (QED) is 0.831. The van der Waals surface area contributed by atoms with Crippen molar-refractivity contribution in [1.29, 1.82) is 0 Å². The molecule has 3 nitrogen and oxygen atoms in total. The minimum absolute atomic E-state index is 0.0972. The van der Waals surface area contributed by atoms with Gasteiger partial charge in [-0.3, -0.25) is 0 Å². The number of hydrogen-bond acceptors (Lipinski definition) is 3. The van der Waals surface area contributed by atoms with Crippen molar-refractivity contribution in [2.45, 2.75) is 33.2 Å². The number of likely N-dealkylation sites (N-methyl/N-ethyl adjacent to an activating group) is 1. The molecule has 114 valence electrons. The first-order chi connectivity index (χ1) is 9.31. The molecule has 0 fully saturated rings. The van der Waals surface area contributed by atoms with E-state index in [4.69, 9.17) is 5.73 Å². The lowest BCUT2D eigenvalue weighted by molar-refractivity contribution is 0.286. The van der Waals surface area contributed by atoms with Gasteiger partial charge in [-0.25, -0.2) is 0 Å². The van der Waals surface area contributed by atoms with E-state index < -0.39 is 0 Å². The second-order valence-electron chi connectivity index (χ2n) is 6.34. The van der Waals surface area contributed by atoms with E-state index in [0.29, 0.717) is 0 Å². The summed E-state index contributed by atoms with van der Waals surface area (Å²) >= 11 is 0. The van der Waals surface area contributed by atoms with Crippen molar-refractivity contribution in [3.8, 4) is 0 Å². The molecule has 0 bridgehead atoms. The van der Waals surface area contributed by atoms with Crippen molar-refractivity contribution in [2.75, 3.05) is 40.8 Å². The Hall–Kier alpha value is -0.900. The normalized spacial score (nSPS) is 13.2. The van der Waals surface area contributed by atoms with Crippen LogP contribution in [0.1, 0.15) is 34.7 Å². The molecule has 1 atom stereocenters. The van der Waals surface area contributed by atoms with Gasteiger partial charge in [-0.15, -0.1) is 0 Å². The maximum absolute atomic E-state index is 6.43. The Balaban J connectivity index is 2.60. The van der Waals surface area contributed by atoms with E-state index in [0.717, 1.165) is 19.6 Å². The Bertz CT molecular complexity index is 403. The standard InChI is InChI=1S/C17H31N3/c1-13-10-14(2)17(15(3)11-13)16(18)12-20(6)9-7-8-19(4)5/h10-11,16H,7-9,12,18H2,1-6H3. The summed E-state index contributed by atoms with van der Waals surface area (Å²) in [5, 5.41) is 0. The summed E-state index contributed by atoms with van der Waals surface area (Å²) in [6.07, 6.45) is 1.18. The molecule has 0 spiro atoms. The van der Waals surface area contributed by atoms with E-state index >= 15 is 0 Å². The maximum atomic E-state index is 6.43. The summed E-state index contributed by atoms with van der Waals surface area (Å²) in [7, 11) is 6.39. The Morgan fingerprint density at radius 3 is 2.05 bits per heavy atom. The van der Waals surface area contributed by atoms with Gasteiger partial charge < -0.3 is 15.5 Å². The van der Waals surface area contributed by atoms with E-state index in [-0.39, 0.29) is 6.04 Å².